The number of ether oxygens (including phenoxy) is 1. The van der Waals surface area contributed by atoms with Gasteiger partial charge in [-0.1, -0.05) is 12.1 Å². The van der Waals surface area contributed by atoms with Gasteiger partial charge in [-0.3, -0.25) is 9.59 Å². The summed E-state index contributed by atoms with van der Waals surface area (Å²) in [7, 11) is 0. The first-order chi connectivity index (χ1) is 17.6. The van der Waals surface area contributed by atoms with Gasteiger partial charge in [0.1, 0.15) is 0 Å². The number of nitrogens with zero attached hydrogens (tertiary/aromatic N) is 6. The number of fused-ring (bicyclic) bond motifs is 2. The normalized spacial score (nSPS) is 17.2. The molecular weight excluding hydrogens is 458 g/mol. The van der Waals surface area contributed by atoms with Gasteiger partial charge in [0.05, 0.1) is 30.5 Å². The highest BCUT2D eigenvalue weighted by Crippen LogP contribution is 2.31. The summed E-state index contributed by atoms with van der Waals surface area (Å²) in [6.45, 7) is 5.60. The summed E-state index contributed by atoms with van der Waals surface area (Å²) in [5, 5.41) is 6.35. The monoisotopic (exact) mass is 487 g/mol. The zero-order chi connectivity index (χ0) is 24.6. The Hall–Kier alpha value is -3.79. The Balaban J connectivity index is 1.36. The van der Waals surface area contributed by atoms with E-state index < -0.39 is 0 Å². The molecule has 0 radical (unpaired) electrons. The first-order valence-electron chi connectivity index (χ1n) is 12.5. The molecule has 1 aromatic carbocycles. The molecule has 2 aliphatic heterocycles. The molecule has 3 aromatic heterocycles. The van der Waals surface area contributed by atoms with Gasteiger partial charge in [-0.05, 0) is 36.3 Å². The molecule has 10 nitrogen and oxygen atoms in total. The number of hydrogen-bond acceptors (Lipinski definition) is 7. The summed E-state index contributed by atoms with van der Waals surface area (Å²) >= 11 is 0. The number of carbonyl (C=O) groups excluding carboxylic acids is 2. The standard InChI is InChI=1S/C26H29N7O3/c1-17(34)31-8-5-18(6-9-31)14-23(35)33-25-21(16-28-33)24(20-3-2-19-4-7-27-22(19)15-20)29-26(30-25)32-10-12-36-13-11-32/h2-4,7,15-16,18,27H,5-6,8-14H2,1H3. The smallest absolute Gasteiger partial charge is 0.249 e. The molecule has 0 spiro atoms. The minimum Gasteiger partial charge on any atom is -0.378 e. The summed E-state index contributed by atoms with van der Waals surface area (Å²) in [6, 6.07) is 8.21. The van der Waals surface area contributed by atoms with E-state index >= 15 is 0 Å². The van der Waals surface area contributed by atoms with Crippen LogP contribution in [0, 0.1) is 5.92 Å². The van der Waals surface area contributed by atoms with E-state index in [1.165, 1.54) is 4.68 Å². The highest BCUT2D eigenvalue weighted by Gasteiger charge is 2.26. The largest absolute Gasteiger partial charge is 0.378 e. The van der Waals surface area contributed by atoms with Crippen LogP contribution in [-0.4, -0.2) is 80.8 Å². The van der Waals surface area contributed by atoms with Crippen molar-refractivity contribution in [3.8, 4) is 11.3 Å². The molecule has 6 rings (SSSR count). The van der Waals surface area contributed by atoms with Crippen molar-refractivity contribution in [2.24, 2.45) is 5.92 Å². The molecule has 2 saturated heterocycles. The summed E-state index contributed by atoms with van der Waals surface area (Å²) in [5.74, 6) is 0.818. The van der Waals surface area contributed by atoms with Crippen LogP contribution in [0.4, 0.5) is 5.95 Å². The van der Waals surface area contributed by atoms with Crippen LogP contribution in [0.1, 0.15) is 31.0 Å². The Bertz CT molecular complexity index is 1430. The number of benzene rings is 1. The van der Waals surface area contributed by atoms with Crippen molar-refractivity contribution in [2.75, 3.05) is 44.3 Å². The molecule has 4 aromatic rings. The number of carbonyl (C=O) groups is 2. The molecule has 2 fully saturated rings. The van der Waals surface area contributed by atoms with Gasteiger partial charge in [0.2, 0.25) is 17.8 Å². The second kappa shape index (κ2) is 9.34. The SMILES string of the molecule is CC(=O)N1CCC(CC(=O)n2ncc3c(-c4ccc5cc[nH]c5c4)nc(N4CCOCC4)nc32)CC1. The number of anilines is 1. The van der Waals surface area contributed by atoms with Crippen molar-refractivity contribution in [1.82, 2.24) is 29.6 Å². The number of H-pyrrole nitrogens is 1. The summed E-state index contributed by atoms with van der Waals surface area (Å²) in [4.78, 5) is 42.0. The topological polar surface area (TPSA) is 109 Å². The molecule has 1 N–H and O–H groups in total. The number of aromatic amines is 1. The number of piperidine rings is 1. The molecule has 0 saturated carbocycles. The Morgan fingerprint density at radius 3 is 2.67 bits per heavy atom. The van der Waals surface area contributed by atoms with E-state index in [2.05, 4.69) is 27.1 Å². The fraction of sp³-hybridized carbons (Fsp3) is 0.423. The fourth-order valence-electron chi connectivity index (χ4n) is 5.18. The summed E-state index contributed by atoms with van der Waals surface area (Å²) < 4.78 is 6.96. The molecule has 0 unspecified atom stereocenters. The Kier molecular flexibility index (Phi) is 5.88. The lowest BCUT2D eigenvalue weighted by Crippen LogP contribution is -2.38. The highest BCUT2D eigenvalue weighted by atomic mass is 16.5. The second-order valence-corrected chi connectivity index (χ2v) is 9.59. The van der Waals surface area contributed by atoms with Crippen molar-refractivity contribution < 1.29 is 14.3 Å². The van der Waals surface area contributed by atoms with Crippen molar-refractivity contribution >= 4 is 39.7 Å². The van der Waals surface area contributed by atoms with Crippen molar-refractivity contribution in [3.63, 3.8) is 0 Å². The van der Waals surface area contributed by atoms with E-state index in [0.717, 1.165) is 40.4 Å². The Labute approximate surface area is 208 Å². The molecular formula is C26H29N7O3. The zero-order valence-electron chi connectivity index (χ0n) is 20.3. The van der Waals surface area contributed by atoms with E-state index in [-0.39, 0.29) is 17.7 Å². The average molecular weight is 488 g/mol. The van der Waals surface area contributed by atoms with Gasteiger partial charge >= 0.3 is 0 Å². The van der Waals surface area contributed by atoms with E-state index in [0.29, 0.717) is 57.4 Å². The minimum absolute atomic E-state index is 0.0799. The number of nitrogens with one attached hydrogen (secondary N) is 1. The predicted octanol–water partition coefficient (Wildman–Crippen LogP) is 3.10. The molecule has 2 aliphatic rings. The minimum atomic E-state index is -0.0799. The van der Waals surface area contributed by atoms with Crippen LogP contribution in [-0.2, 0) is 9.53 Å². The molecule has 0 bridgehead atoms. The third kappa shape index (κ3) is 4.21. The van der Waals surface area contributed by atoms with Gasteiger partial charge in [0.15, 0.2) is 5.65 Å². The van der Waals surface area contributed by atoms with Gasteiger partial charge in [-0.25, -0.2) is 4.98 Å². The van der Waals surface area contributed by atoms with Crippen LogP contribution < -0.4 is 4.90 Å². The average Bonchev–Trinajstić information content (AvgIpc) is 3.55. The zero-order valence-corrected chi connectivity index (χ0v) is 20.3. The van der Waals surface area contributed by atoms with Gasteiger partial charge < -0.3 is 19.5 Å². The number of morpholine rings is 1. The number of likely N-dealkylation sites (tertiary alicyclic amines) is 1. The molecule has 0 aliphatic carbocycles. The lowest BCUT2D eigenvalue weighted by Gasteiger charge is -2.30. The van der Waals surface area contributed by atoms with Crippen LogP contribution in [0.2, 0.25) is 0 Å². The Morgan fingerprint density at radius 1 is 1.08 bits per heavy atom. The molecule has 1 amide bonds. The van der Waals surface area contributed by atoms with Gasteiger partial charge in [0.25, 0.3) is 0 Å². The van der Waals surface area contributed by atoms with Crippen molar-refractivity contribution in [3.05, 3.63) is 36.7 Å². The van der Waals surface area contributed by atoms with Crippen LogP contribution in [0.5, 0.6) is 0 Å². The predicted molar refractivity (Wildman–Crippen MR) is 136 cm³/mol. The van der Waals surface area contributed by atoms with E-state index in [1.807, 2.05) is 23.2 Å². The number of aromatic nitrogens is 5. The summed E-state index contributed by atoms with van der Waals surface area (Å²) in [5.41, 5.74) is 3.24. The fourth-order valence-corrected chi connectivity index (χ4v) is 5.18. The van der Waals surface area contributed by atoms with Gasteiger partial charge in [-0.15, -0.1) is 0 Å². The van der Waals surface area contributed by atoms with Crippen molar-refractivity contribution in [2.45, 2.75) is 26.2 Å². The molecule has 186 valence electrons. The van der Waals surface area contributed by atoms with Gasteiger partial charge in [-0.2, -0.15) is 14.8 Å². The first kappa shape index (κ1) is 22.7. The number of rotatable bonds is 4. The molecule has 0 atom stereocenters. The highest BCUT2D eigenvalue weighted by molar-refractivity contribution is 5.98. The third-order valence-corrected chi connectivity index (χ3v) is 7.30. The van der Waals surface area contributed by atoms with E-state index in [4.69, 9.17) is 14.7 Å². The maximum absolute atomic E-state index is 13.4. The van der Waals surface area contributed by atoms with Crippen LogP contribution in [0.25, 0.3) is 33.2 Å². The van der Waals surface area contributed by atoms with Crippen LogP contribution >= 0.6 is 0 Å². The van der Waals surface area contributed by atoms with Crippen LogP contribution in [0.15, 0.2) is 36.7 Å². The number of hydrogen-bond donors (Lipinski definition) is 1. The van der Waals surface area contributed by atoms with Gasteiger partial charge in [0, 0.05) is 56.8 Å². The Morgan fingerprint density at radius 2 is 1.89 bits per heavy atom. The second-order valence-electron chi connectivity index (χ2n) is 9.59. The number of amides is 1. The molecule has 36 heavy (non-hydrogen) atoms. The quantitative estimate of drug-likeness (QED) is 0.471. The third-order valence-electron chi connectivity index (χ3n) is 7.30. The maximum atomic E-state index is 13.4. The lowest BCUT2D eigenvalue weighted by molar-refractivity contribution is -0.130. The van der Waals surface area contributed by atoms with E-state index in [1.54, 1.807) is 13.1 Å². The maximum Gasteiger partial charge on any atom is 0.249 e. The summed E-state index contributed by atoms with van der Waals surface area (Å²) in [6.07, 6.45) is 5.63. The van der Waals surface area contributed by atoms with E-state index in [9.17, 15) is 9.59 Å². The molecule has 10 heteroatoms. The van der Waals surface area contributed by atoms with Crippen LogP contribution in [0.3, 0.4) is 0 Å². The van der Waals surface area contributed by atoms with Crippen molar-refractivity contribution in [1.29, 1.82) is 0 Å². The molecule has 5 heterocycles. The first-order valence-corrected chi connectivity index (χ1v) is 12.5. The lowest BCUT2D eigenvalue weighted by atomic mass is 9.93.